The van der Waals surface area contributed by atoms with Gasteiger partial charge in [-0.15, -0.1) is 0 Å². The Hall–Kier alpha value is -5.13. The van der Waals surface area contributed by atoms with Crippen LogP contribution in [-0.4, -0.2) is 86.9 Å². The molecule has 1 saturated carbocycles. The predicted octanol–water partition coefficient (Wildman–Crippen LogP) is 6.42. The van der Waals surface area contributed by atoms with Crippen LogP contribution in [0.2, 0.25) is 0 Å². The Balaban J connectivity index is 1.18. The van der Waals surface area contributed by atoms with E-state index in [1.807, 2.05) is 101 Å². The maximum absolute atomic E-state index is 13.1. The van der Waals surface area contributed by atoms with Gasteiger partial charge in [-0.05, 0) is 63.8 Å². The highest BCUT2D eigenvalue weighted by atomic mass is 16.6. The van der Waals surface area contributed by atoms with Crippen molar-refractivity contribution in [3.8, 4) is 11.3 Å². The van der Waals surface area contributed by atoms with Gasteiger partial charge in [-0.1, -0.05) is 48.5 Å². The van der Waals surface area contributed by atoms with Crippen LogP contribution in [0.3, 0.4) is 0 Å². The Morgan fingerprint density at radius 3 is 2.51 bits per heavy atom. The van der Waals surface area contributed by atoms with E-state index in [9.17, 15) is 14.4 Å². The van der Waals surface area contributed by atoms with Gasteiger partial charge in [0.1, 0.15) is 24.1 Å². The summed E-state index contributed by atoms with van der Waals surface area (Å²) < 4.78 is 18.4. The summed E-state index contributed by atoms with van der Waals surface area (Å²) in [7, 11) is 3.13. The molecule has 49 heavy (non-hydrogen) atoms. The number of amides is 2. The lowest BCUT2D eigenvalue weighted by molar-refractivity contribution is -0.145. The third-order valence-electron chi connectivity index (χ3n) is 9.19. The minimum atomic E-state index is -0.776. The summed E-state index contributed by atoms with van der Waals surface area (Å²) in [6, 6.07) is 20.4. The van der Waals surface area contributed by atoms with Crippen LogP contribution in [0.15, 0.2) is 73.1 Å². The third-order valence-corrected chi connectivity index (χ3v) is 9.19. The molecule has 1 aliphatic heterocycles. The van der Waals surface area contributed by atoms with Gasteiger partial charge >= 0.3 is 18.2 Å². The van der Waals surface area contributed by atoms with Crippen LogP contribution in [-0.2, 0) is 25.6 Å². The predicted molar refractivity (Wildman–Crippen MR) is 185 cm³/mol. The van der Waals surface area contributed by atoms with Crippen LogP contribution in [0.1, 0.15) is 58.1 Å². The summed E-state index contributed by atoms with van der Waals surface area (Å²) in [4.78, 5) is 51.4. The summed E-state index contributed by atoms with van der Waals surface area (Å²) >= 11 is 0. The number of imidazole rings is 1. The normalized spacial score (nSPS) is 20.6. The number of likely N-dealkylation sites (tertiary alicyclic amines) is 1. The maximum atomic E-state index is 13.1. The number of aromatic nitrogens is 3. The summed E-state index contributed by atoms with van der Waals surface area (Å²) in [5, 5.41) is 3.44. The largest absolute Gasteiger partial charge is 0.467 e. The molecule has 2 aliphatic rings. The number of anilines is 1. The van der Waals surface area contributed by atoms with Crippen molar-refractivity contribution in [3.05, 3.63) is 78.6 Å². The number of hydrogen-bond acceptors (Lipinski definition) is 9. The Morgan fingerprint density at radius 2 is 1.76 bits per heavy atom. The van der Waals surface area contributed by atoms with Gasteiger partial charge in [0.05, 0.1) is 30.2 Å². The molecule has 1 saturated heterocycles. The van der Waals surface area contributed by atoms with E-state index in [2.05, 4.69) is 9.88 Å². The molecule has 1 unspecified atom stereocenters. The van der Waals surface area contributed by atoms with Gasteiger partial charge in [-0.2, -0.15) is 0 Å². The molecule has 2 aromatic carbocycles. The van der Waals surface area contributed by atoms with Crippen molar-refractivity contribution < 1.29 is 28.6 Å². The highest BCUT2D eigenvalue weighted by Gasteiger charge is 2.41. The second-order valence-electron chi connectivity index (χ2n) is 13.8. The molecule has 0 radical (unpaired) electrons. The lowest BCUT2D eigenvalue weighted by atomic mass is 10.1. The summed E-state index contributed by atoms with van der Waals surface area (Å²) in [5.74, 6) is 0.127. The molecule has 2 aromatic heterocycles. The Morgan fingerprint density at radius 1 is 0.980 bits per heavy atom. The monoisotopic (exact) mass is 668 g/mol. The van der Waals surface area contributed by atoms with Gasteiger partial charge in [-0.3, -0.25) is 4.90 Å². The molecule has 258 valence electrons. The minimum Gasteiger partial charge on any atom is -0.467 e. The van der Waals surface area contributed by atoms with Gasteiger partial charge < -0.3 is 29.0 Å². The van der Waals surface area contributed by atoms with Crippen LogP contribution < -0.4 is 5.32 Å². The van der Waals surface area contributed by atoms with Crippen LogP contribution in [0, 0.1) is 0 Å². The van der Waals surface area contributed by atoms with Gasteiger partial charge in [0.25, 0.3) is 0 Å². The van der Waals surface area contributed by atoms with E-state index in [-0.39, 0.29) is 37.4 Å². The number of methoxy groups -OCH3 is 1. The second kappa shape index (κ2) is 14.2. The van der Waals surface area contributed by atoms with E-state index < -0.39 is 23.7 Å². The van der Waals surface area contributed by atoms with Crippen molar-refractivity contribution in [1.29, 1.82) is 0 Å². The highest BCUT2D eigenvalue weighted by molar-refractivity contribution is 5.91. The van der Waals surface area contributed by atoms with Crippen LogP contribution >= 0.6 is 0 Å². The smallest absolute Gasteiger partial charge is 0.410 e. The molecular formula is C37H44N6O6. The average Bonchev–Trinajstić information content (AvgIpc) is 3.85. The molecule has 1 N–H and O–H groups in total. The van der Waals surface area contributed by atoms with Crippen molar-refractivity contribution in [1.82, 2.24) is 24.3 Å². The molecule has 12 nitrogen and oxygen atoms in total. The molecule has 2 amide bonds. The number of esters is 1. The molecule has 6 rings (SSSR count). The third kappa shape index (κ3) is 7.63. The van der Waals surface area contributed by atoms with E-state index in [1.165, 1.54) is 12.0 Å². The number of carbonyl (C=O) groups excluding carboxylic acids is 3. The molecule has 4 aromatic rings. The fourth-order valence-electron chi connectivity index (χ4n) is 6.77. The first-order valence-electron chi connectivity index (χ1n) is 16.7. The molecule has 3 heterocycles. The Bertz CT molecular complexity index is 1800. The summed E-state index contributed by atoms with van der Waals surface area (Å²) in [6.45, 7) is 5.98. The van der Waals surface area contributed by atoms with E-state index in [1.54, 1.807) is 4.90 Å². The fraction of sp³-hybridized carbons (Fsp3) is 0.432. The Labute approximate surface area is 286 Å². The van der Waals surface area contributed by atoms with E-state index in [0.29, 0.717) is 12.2 Å². The summed E-state index contributed by atoms with van der Waals surface area (Å²) in [6.07, 6.45) is 3.91. The lowest BCUT2D eigenvalue weighted by Crippen LogP contribution is -2.41. The number of hydrogen-bond donors (Lipinski definition) is 1. The Kier molecular flexibility index (Phi) is 9.75. The average molecular weight is 669 g/mol. The van der Waals surface area contributed by atoms with Crippen LogP contribution in [0.4, 0.5) is 15.4 Å². The standard InChI is InChI=1S/C37H44N6O6/c1-37(2,3)49-35(45)41(4)26-17-18-27(20-26)43-23-38-30-15-9-13-28(33(30)43)29-14-10-16-32(40-29)39-25-19-31(34(44)47-5)42(21-25)36(46)48-22-24-11-7-6-8-12-24/h6-16,23,25-27,31H,17-22H2,1-5H3,(H,39,40)/t25-,26?,27-,31-/m0/s1. The molecule has 0 bridgehead atoms. The first-order valence-corrected chi connectivity index (χ1v) is 16.7. The molecule has 12 heteroatoms. The molecule has 0 spiro atoms. The first kappa shape index (κ1) is 33.8. The van der Waals surface area contributed by atoms with E-state index >= 15 is 0 Å². The number of ether oxygens (including phenoxy) is 3. The number of benzene rings is 2. The van der Waals surface area contributed by atoms with Gasteiger partial charge in [-0.25, -0.2) is 24.4 Å². The van der Waals surface area contributed by atoms with Crippen LogP contribution in [0.25, 0.3) is 22.3 Å². The number of nitrogens with zero attached hydrogens (tertiary/aromatic N) is 5. The number of fused-ring (bicyclic) bond motifs is 1. The van der Waals surface area contributed by atoms with Gasteiger partial charge in [0.15, 0.2) is 0 Å². The van der Waals surface area contributed by atoms with Gasteiger partial charge in [0, 0.05) is 43.7 Å². The quantitative estimate of drug-likeness (QED) is 0.167. The zero-order chi connectivity index (χ0) is 34.7. The number of para-hydroxylation sites is 1. The van der Waals surface area contributed by atoms with Crippen molar-refractivity contribution >= 4 is 35.0 Å². The SMILES string of the molecule is COC(=O)[C@@H]1C[C@H](Nc2cccc(-c3cccc4ncn([C@H]5CCC(N(C)C(=O)OC(C)(C)C)C5)c34)n2)CN1C(=O)OCc1ccccc1. The summed E-state index contributed by atoms with van der Waals surface area (Å²) in [5.41, 5.74) is 3.85. The second-order valence-corrected chi connectivity index (χ2v) is 13.8. The lowest BCUT2D eigenvalue weighted by Gasteiger charge is -2.28. The molecule has 2 fully saturated rings. The zero-order valence-corrected chi connectivity index (χ0v) is 28.7. The maximum Gasteiger partial charge on any atom is 0.410 e. The number of carbonyl (C=O) groups is 3. The van der Waals surface area contributed by atoms with E-state index in [0.717, 1.165) is 47.1 Å². The van der Waals surface area contributed by atoms with Crippen molar-refractivity contribution in [2.45, 2.75) is 82.8 Å². The number of nitrogens with one attached hydrogen (secondary N) is 1. The van der Waals surface area contributed by atoms with Crippen molar-refractivity contribution in [3.63, 3.8) is 0 Å². The highest BCUT2D eigenvalue weighted by Crippen LogP contribution is 2.38. The molecule has 1 aliphatic carbocycles. The van der Waals surface area contributed by atoms with Crippen molar-refractivity contribution in [2.24, 2.45) is 0 Å². The van der Waals surface area contributed by atoms with Crippen LogP contribution in [0.5, 0.6) is 0 Å². The number of pyridine rings is 1. The molecular weight excluding hydrogens is 624 g/mol. The topological polar surface area (TPSA) is 128 Å². The van der Waals surface area contributed by atoms with Crippen molar-refractivity contribution in [2.75, 3.05) is 26.0 Å². The number of rotatable bonds is 8. The zero-order valence-electron chi connectivity index (χ0n) is 28.7. The molecule has 4 atom stereocenters. The fourth-order valence-corrected chi connectivity index (χ4v) is 6.77. The van der Waals surface area contributed by atoms with E-state index in [4.69, 9.17) is 24.2 Å². The minimum absolute atomic E-state index is 0.0607. The van der Waals surface area contributed by atoms with Gasteiger partial charge in [0.2, 0.25) is 0 Å². The first-order chi connectivity index (χ1) is 23.5.